The number of esters is 1. The van der Waals surface area contributed by atoms with Crippen LogP contribution in [0.4, 0.5) is 0 Å². The highest BCUT2D eigenvalue weighted by atomic mass is 31.0. The van der Waals surface area contributed by atoms with E-state index in [4.69, 9.17) is 4.52 Å². The van der Waals surface area contributed by atoms with E-state index in [1.807, 2.05) is 6.92 Å². The largest absolute Gasteiger partial charge is 0.469 e. The summed E-state index contributed by atoms with van der Waals surface area (Å²) in [6.07, 6.45) is 1.38. The van der Waals surface area contributed by atoms with E-state index >= 15 is 0 Å². The average Bonchev–Trinajstić information content (AvgIpc) is 2.03. The summed E-state index contributed by atoms with van der Waals surface area (Å²) >= 11 is 0. The topological polar surface area (TPSA) is 35.5 Å². The van der Waals surface area contributed by atoms with E-state index in [0.29, 0.717) is 13.0 Å². The molecule has 2 atom stereocenters. The number of hydrogen-bond donors (Lipinski definition) is 0. The predicted molar refractivity (Wildman–Crippen MR) is 46.1 cm³/mol. The number of hydrogen-bond acceptors (Lipinski definition) is 3. The summed E-state index contributed by atoms with van der Waals surface area (Å²) in [5.74, 6) is 0.110. The summed E-state index contributed by atoms with van der Waals surface area (Å²) in [5, 5.41) is 0. The second-order valence-corrected chi connectivity index (χ2v) is 2.72. The number of rotatable bonds is 5. The molecular weight excluding hydrogens is 163 g/mol. The van der Waals surface area contributed by atoms with E-state index in [9.17, 15) is 4.79 Å². The van der Waals surface area contributed by atoms with Crippen molar-refractivity contribution in [3.63, 3.8) is 0 Å². The first kappa shape index (κ1) is 10.9. The fourth-order valence-electron chi connectivity index (χ4n) is 0.776. The number of ether oxygens (including phenoxy) is 1. The SMILES string of the molecule is CCC(COP)CC(=O)OC. The molecule has 0 aliphatic heterocycles. The van der Waals surface area contributed by atoms with Gasteiger partial charge in [-0.2, -0.15) is 0 Å². The van der Waals surface area contributed by atoms with E-state index in [2.05, 4.69) is 14.2 Å². The quantitative estimate of drug-likeness (QED) is 0.471. The van der Waals surface area contributed by atoms with Gasteiger partial charge in [0.2, 0.25) is 0 Å². The van der Waals surface area contributed by atoms with Crippen LogP contribution in [0.25, 0.3) is 0 Å². The molecule has 0 aromatic rings. The van der Waals surface area contributed by atoms with Gasteiger partial charge in [-0.25, -0.2) is 0 Å². The highest BCUT2D eigenvalue weighted by molar-refractivity contribution is 7.09. The molecule has 0 heterocycles. The lowest BCUT2D eigenvalue weighted by atomic mass is 10.0. The van der Waals surface area contributed by atoms with Gasteiger partial charge in [-0.05, 0) is 5.92 Å². The van der Waals surface area contributed by atoms with Gasteiger partial charge in [-0.3, -0.25) is 4.79 Å². The number of methoxy groups -OCH3 is 1. The highest BCUT2D eigenvalue weighted by Crippen LogP contribution is 2.10. The van der Waals surface area contributed by atoms with Crippen molar-refractivity contribution in [2.75, 3.05) is 13.7 Å². The van der Waals surface area contributed by atoms with Crippen LogP contribution in [-0.2, 0) is 14.1 Å². The van der Waals surface area contributed by atoms with Crippen molar-refractivity contribution in [3.05, 3.63) is 0 Å². The molecule has 11 heavy (non-hydrogen) atoms. The zero-order valence-electron chi connectivity index (χ0n) is 7.00. The maximum atomic E-state index is 10.8. The van der Waals surface area contributed by atoms with Crippen LogP contribution in [0.15, 0.2) is 0 Å². The summed E-state index contributed by atoms with van der Waals surface area (Å²) in [5.41, 5.74) is 0. The van der Waals surface area contributed by atoms with Crippen LogP contribution in [0.3, 0.4) is 0 Å². The Morgan fingerprint density at radius 3 is 2.64 bits per heavy atom. The van der Waals surface area contributed by atoms with E-state index in [-0.39, 0.29) is 11.9 Å². The summed E-state index contributed by atoms with van der Waals surface area (Å²) < 4.78 is 9.38. The van der Waals surface area contributed by atoms with Crippen LogP contribution in [0.1, 0.15) is 19.8 Å². The van der Waals surface area contributed by atoms with E-state index < -0.39 is 0 Å². The third-order valence-corrected chi connectivity index (χ3v) is 1.78. The predicted octanol–water partition coefficient (Wildman–Crippen LogP) is 1.38. The van der Waals surface area contributed by atoms with Crippen molar-refractivity contribution < 1.29 is 14.1 Å². The molecule has 0 bridgehead atoms. The molecule has 66 valence electrons. The molecule has 0 aromatic carbocycles. The van der Waals surface area contributed by atoms with Crippen molar-refractivity contribution in [2.24, 2.45) is 5.92 Å². The third-order valence-electron chi connectivity index (χ3n) is 1.59. The first-order valence-corrected chi connectivity index (χ1v) is 4.10. The van der Waals surface area contributed by atoms with Gasteiger partial charge >= 0.3 is 5.97 Å². The summed E-state index contributed by atoms with van der Waals surface area (Å²) in [6.45, 7) is 2.62. The maximum absolute atomic E-state index is 10.8. The van der Waals surface area contributed by atoms with Gasteiger partial charge in [0.25, 0.3) is 0 Å². The Morgan fingerprint density at radius 2 is 2.27 bits per heavy atom. The molecule has 0 fully saturated rings. The molecule has 4 heteroatoms. The maximum Gasteiger partial charge on any atom is 0.305 e. The summed E-state index contributed by atoms with van der Waals surface area (Å²) in [4.78, 5) is 10.8. The number of carbonyl (C=O) groups is 1. The minimum atomic E-state index is -0.168. The fraction of sp³-hybridized carbons (Fsp3) is 0.857. The molecule has 0 aliphatic rings. The minimum absolute atomic E-state index is 0.168. The van der Waals surface area contributed by atoms with Gasteiger partial charge in [-0.15, -0.1) is 0 Å². The Bertz CT molecular complexity index is 116. The zero-order chi connectivity index (χ0) is 8.69. The van der Waals surface area contributed by atoms with Gasteiger partial charge in [-0.1, -0.05) is 13.3 Å². The van der Waals surface area contributed by atoms with Crippen LogP contribution in [-0.4, -0.2) is 19.7 Å². The van der Waals surface area contributed by atoms with Gasteiger partial charge in [0.1, 0.15) is 0 Å². The molecule has 0 aliphatic carbocycles. The molecule has 0 radical (unpaired) electrons. The minimum Gasteiger partial charge on any atom is -0.469 e. The zero-order valence-corrected chi connectivity index (χ0v) is 8.16. The second-order valence-electron chi connectivity index (χ2n) is 2.39. The van der Waals surface area contributed by atoms with Crippen LogP contribution in [0.2, 0.25) is 0 Å². The van der Waals surface area contributed by atoms with E-state index in [1.54, 1.807) is 0 Å². The van der Waals surface area contributed by atoms with Crippen molar-refractivity contribution >= 4 is 15.4 Å². The van der Waals surface area contributed by atoms with Crippen LogP contribution < -0.4 is 0 Å². The lowest BCUT2D eigenvalue weighted by Crippen LogP contribution is -2.12. The lowest BCUT2D eigenvalue weighted by Gasteiger charge is -2.10. The molecular formula is C7H15O3P. The second kappa shape index (κ2) is 6.56. The van der Waals surface area contributed by atoms with Gasteiger partial charge < -0.3 is 9.26 Å². The normalized spacial score (nSPS) is 12.6. The van der Waals surface area contributed by atoms with E-state index in [1.165, 1.54) is 7.11 Å². The Labute approximate surface area is 69.7 Å². The van der Waals surface area contributed by atoms with Gasteiger partial charge in [0.05, 0.1) is 20.1 Å². The molecule has 0 rings (SSSR count). The molecule has 2 unspecified atom stereocenters. The molecule has 0 saturated carbocycles. The van der Waals surface area contributed by atoms with Crippen LogP contribution >= 0.6 is 9.47 Å². The number of carbonyl (C=O) groups excluding carboxylic acids is 1. The van der Waals surface area contributed by atoms with E-state index in [0.717, 1.165) is 6.42 Å². The Balaban J connectivity index is 3.58. The lowest BCUT2D eigenvalue weighted by molar-refractivity contribution is -0.142. The Morgan fingerprint density at radius 1 is 1.64 bits per heavy atom. The van der Waals surface area contributed by atoms with Gasteiger partial charge in [0.15, 0.2) is 0 Å². The molecule has 0 aromatic heterocycles. The van der Waals surface area contributed by atoms with Crippen molar-refractivity contribution in [2.45, 2.75) is 19.8 Å². The Kier molecular flexibility index (Phi) is 6.48. The average molecular weight is 178 g/mol. The van der Waals surface area contributed by atoms with Crippen LogP contribution in [0, 0.1) is 5.92 Å². The van der Waals surface area contributed by atoms with Crippen LogP contribution in [0.5, 0.6) is 0 Å². The standard InChI is InChI=1S/C7H15O3P/c1-3-6(5-10-11)4-7(8)9-2/h6H,3-5,11H2,1-2H3. The van der Waals surface area contributed by atoms with Crippen molar-refractivity contribution in [3.8, 4) is 0 Å². The highest BCUT2D eigenvalue weighted by Gasteiger charge is 2.11. The molecule has 0 spiro atoms. The first-order chi connectivity index (χ1) is 5.24. The third kappa shape index (κ3) is 5.16. The fourth-order valence-corrected chi connectivity index (χ4v) is 1.05. The molecule has 0 saturated heterocycles. The molecule has 0 amide bonds. The monoisotopic (exact) mass is 178 g/mol. The summed E-state index contributed by atoms with van der Waals surface area (Å²) in [7, 11) is 3.58. The first-order valence-electron chi connectivity index (χ1n) is 3.63. The van der Waals surface area contributed by atoms with Crippen molar-refractivity contribution in [1.29, 1.82) is 0 Å². The molecule has 0 N–H and O–H groups in total. The summed E-state index contributed by atoms with van der Waals surface area (Å²) in [6, 6.07) is 0. The van der Waals surface area contributed by atoms with Gasteiger partial charge in [0, 0.05) is 9.47 Å². The van der Waals surface area contributed by atoms with Crippen molar-refractivity contribution in [1.82, 2.24) is 0 Å². The molecule has 3 nitrogen and oxygen atoms in total. The Hall–Kier alpha value is -0.140. The smallest absolute Gasteiger partial charge is 0.305 e.